The third kappa shape index (κ3) is 5.01. The van der Waals surface area contributed by atoms with Crippen LogP contribution in [0.3, 0.4) is 0 Å². The smallest absolute Gasteiger partial charge is 0.200 e. The molecule has 62 valence electrons. The molecule has 0 aliphatic carbocycles. The predicted molar refractivity (Wildman–Crippen MR) is 44.9 cm³/mol. The first kappa shape index (κ1) is 10.2. The molecular formula is C7H17O2P. The first-order valence-electron chi connectivity index (χ1n) is 3.83. The Labute approximate surface area is 63.4 Å². The minimum atomic E-state index is -2.21. The Hall–Kier alpha value is 0.190. The highest BCUT2D eigenvalue weighted by Gasteiger charge is 2.12. The zero-order valence-electron chi connectivity index (χ0n) is 7.09. The molecule has 0 spiro atoms. The first-order chi connectivity index (χ1) is 4.62. The zero-order chi connectivity index (χ0) is 8.04. The average molecular weight is 164 g/mol. The van der Waals surface area contributed by atoms with E-state index in [-0.39, 0.29) is 0 Å². The maximum atomic E-state index is 11.4. The predicted octanol–water partition coefficient (Wildman–Crippen LogP) is 2.73. The molecule has 0 aliphatic rings. The molecule has 0 fully saturated rings. The fourth-order valence-corrected chi connectivity index (χ4v) is 2.35. The number of rotatable bonds is 5. The van der Waals surface area contributed by atoms with Gasteiger partial charge in [-0.25, -0.2) is 0 Å². The second-order valence-corrected chi connectivity index (χ2v) is 5.24. The number of unbranched alkanes of at least 4 members (excludes halogenated alkanes) is 1. The molecule has 2 nitrogen and oxygen atoms in total. The normalized spacial score (nSPS) is 16.7. The van der Waals surface area contributed by atoms with Crippen molar-refractivity contribution in [3.05, 3.63) is 0 Å². The summed E-state index contributed by atoms with van der Waals surface area (Å²) >= 11 is 0. The van der Waals surface area contributed by atoms with E-state index >= 15 is 0 Å². The Morgan fingerprint density at radius 1 is 1.40 bits per heavy atom. The minimum Gasteiger partial charge on any atom is -0.329 e. The van der Waals surface area contributed by atoms with Crippen LogP contribution in [0.4, 0.5) is 0 Å². The summed E-state index contributed by atoms with van der Waals surface area (Å²) in [4.78, 5) is 0. The van der Waals surface area contributed by atoms with Gasteiger partial charge >= 0.3 is 0 Å². The van der Waals surface area contributed by atoms with Crippen LogP contribution in [0.2, 0.25) is 0 Å². The Morgan fingerprint density at radius 3 is 2.40 bits per heavy atom. The maximum Gasteiger partial charge on any atom is 0.200 e. The van der Waals surface area contributed by atoms with Crippen molar-refractivity contribution >= 4 is 7.37 Å². The average Bonchev–Trinajstić information content (AvgIpc) is 1.84. The van der Waals surface area contributed by atoms with Crippen molar-refractivity contribution in [3.8, 4) is 0 Å². The molecule has 0 amide bonds. The van der Waals surface area contributed by atoms with Gasteiger partial charge in [-0.3, -0.25) is 4.57 Å². The third-order valence-corrected chi connectivity index (χ3v) is 3.25. The van der Waals surface area contributed by atoms with Crippen molar-refractivity contribution in [1.29, 1.82) is 0 Å². The second-order valence-electron chi connectivity index (χ2n) is 2.51. The van der Waals surface area contributed by atoms with Crippen LogP contribution in [0.5, 0.6) is 0 Å². The summed E-state index contributed by atoms with van der Waals surface area (Å²) in [6.45, 7) is 6.25. The summed E-state index contributed by atoms with van der Waals surface area (Å²) in [5, 5.41) is 0. The monoisotopic (exact) mass is 164 g/mol. The molecule has 0 aromatic heterocycles. The fraction of sp³-hybridized carbons (Fsp3) is 1.00. The van der Waals surface area contributed by atoms with Crippen LogP contribution in [0.1, 0.15) is 26.7 Å². The lowest BCUT2D eigenvalue weighted by Gasteiger charge is -2.10. The van der Waals surface area contributed by atoms with Crippen molar-refractivity contribution in [3.63, 3.8) is 0 Å². The SMILES string of the molecule is CCCCP(C)(=O)OCC. The summed E-state index contributed by atoms with van der Waals surface area (Å²) in [7, 11) is -2.21. The lowest BCUT2D eigenvalue weighted by molar-refractivity contribution is 0.336. The highest BCUT2D eigenvalue weighted by molar-refractivity contribution is 7.58. The Bertz CT molecular complexity index is 123. The van der Waals surface area contributed by atoms with Crippen molar-refractivity contribution in [1.82, 2.24) is 0 Å². The quantitative estimate of drug-likeness (QED) is 0.584. The van der Waals surface area contributed by atoms with Crippen LogP contribution in [-0.2, 0) is 9.09 Å². The first-order valence-corrected chi connectivity index (χ1v) is 6.09. The molecule has 0 aromatic carbocycles. The largest absolute Gasteiger partial charge is 0.329 e. The molecule has 0 saturated heterocycles. The fourth-order valence-electron chi connectivity index (χ4n) is 0.783. The summed E-state index contributed by atoms with van der Waals surface area (Å²) in [6.07, 6.45) is 2.83. The Kier molecular flexibility index (Phi) is 5.02. The van der Waals surface area contributed by atoms with Gasteiger partial charge < -0.3 is 4.52 Å². The molecule has 10 heavy (non-hydrogen) atoms. The van der Waals surface area contributed by atoms with E-state index in [0.29, 0.717) is 6.61 Å². The maximum absolute atomic E-state index is 11.4. The van der Waals surface area contributed by atoms with Crippen LogP contribution < -0.4 is 0 Å². The molecule has 0 saturated carbocycles. The van der Waals surface area contributed by atoms with Gasteiger partial charge in [0.2, 0.25) is 0 Å². The number of hydrogen-bond donors (Lipinski definition) is 0. The summed E-state index contributed by atoms with van der Waals surface area (Å²) in [5.74, 6) is 0. The highest BCUT2D eigenvalue weighted by Crippen LogP contribution is 2.42. The topological polar surface area (TPSA) is 26.3 Å². The van der Waals surface area contributed by atoms with Crippen LogP contribution in [-0.4, -0.2) is 19.4 Å². The Balaban J connectivity index is 3.53. The molecular weight excluding hydrogens is 147 g/mol. The molecule has 0 bridgehead atoms. The van der Waals surface area contributed by atoms with E-state index in [2.05, 4.69) is 6.92 Å². The molecule has 0 radical (unpaired) electrons. The van der Waals surface area contributed by atoms with Crippen molar-refractivity contribution < 1.29 is 9.09 Å². The second kappa shape index (κ2) is 4.92. The van der Waals surface area contributed by atoms with Gasteiger partial charge in [0.25, 0.3) is 0 Å². The van der Waals surface area contributed by atoms with Crippen LogP contribution in [0.25, 0.3) is 0 Å². The van der Waals surface area contributed by atoms with Gasteiger partial charge in [-0.15, -0.1) is 0 Å². The van der Waals surface area contributed by atoms with Crippen LogP contribution in [0, 0.1) is 0 Å². The summed E-state index contributed by atoms with van der Waals surface area (Å²) in [6, 6.07) is 0. The van der Waals surface area contributed by atoms with Gasteiger partial charge in [0.05, 0.1) is 6.61 Å². The molecule has 0 aromatic rings. The highest BCUT2D eigenvalue weighted by atomic mass is 31.2. The van der Waals surface area contributed by atoms with E-state index in [9.17, 15) is 4.57 Å². The van der Waals surface area contributed by atoms with E-state index in [1.54, 1.807) is 6.66 Å². The molecule has 3 heteroatoms. The van der Waals surface area contributed by atoms with E-state index in [4.69, 9.17) is 4.52 Å². The summed E-state index contributed by atoms with van der Waals surface area (Å²) < 4.78 is 16.4. The lowest BCUT2D eigenvalue weighted by Crippen LogP contribution is -1.92. The van der Waals surface area contributed by atoms with Crippen LogP contribution in [0.15, 0.2) is 0 Å². The molecule has 0 heterocycles. The summed E-state index contributed by atoms with van der Waals surface area (Å²) in [5.41, 5.74) is 0. The van der Waals surface area contributed by atoms with Gasteiger partial charge in [-0.05, 0) is 13.3 Å². The van der Waals surface area contributed by atoms with Crippen LogP contribution >= 0.6 is 7.37 Å². The van der Waals surface area contributed by atoms with E-state index in [0.717, 1.165) is 19.0 Å². The molecule has 0 aliphatic heterocycles. The molecule has 0 N–H and O–H groups in total. The molecule has 1 atom stereocenters. The van der Waals surface area contributed by atoms with Gasteiger partial charge in [-0.2, -0.15) is 0 Å². The zero-order valence-corrected chi connectivity index (χ0v) is 7.99. The van der Waals surface area contributed by atoms with Gasteiger partial charge in [0.15, 0.2) is 7.37 Å². The lowest BCUT2D eigenvalue weighted by atomic mass is 10.4. The van der Waals surface area contributed by atoms with Crippen molar-refractivity contribution in [2.45, 2.75) is 26.7 Å². The van der Waals surface area contributed by atoms with E-state index in [1.165, 1.54) is 0 Å². The van der Waals surface area contributed by atoms with Crippen molar-refractivity contribution in [2.24, 2.45) is 0 Å². The van der Waals surface area contributed by atoms with E-state index in [1.807, 2.05) is 6.92 Å². The Morgan fingerprint density at radius 2 is 2.00 bits per heavy atom. The van der Waals surface area contributed by atoms with Gasteiger partial charge in [-0.1, -0.05) is 13.3 Å². The van der Waals surface area contributed by atoms with Gasteiger partial charge in [0, 0.05) is 12.8 Å². The standard InChI is InChI=1S/C7H17O2P/c1-4-6-7-10(3,8)9-5-2/h4-7H2,1-3H3. The number of hydrogen-bond acceptors (Lipinski definition) is 2. The third-order valence-electron chi connectivity index (χ3n) is 1.32. The molecule has 0 rings (SSSR count). The molecule has 1 unspecified atom stereocenters. The van der Waals surface area contributed by atoms with E-state index < -0.39 is 7.37 Å². The minimum absolute atomic E-state index is 0.567. The van der Waals surface area contributed by atoms with Crippen molar-refractivity contribution in [2.75, 3.05) is 19.4 Å². The van der Waals surface area contributed by atoms with Gasteiger partial charge in [0.1, 0.15) is 0 Å².